The van der Waals surface area contributed by atoms with Crippen molar-refractivity contribution in [1.29, 1.82) is 0 Å². The number of aryl methyl sites for hydroxylation is 2. The highest BCUT2D eigenvalue weighted by molar-refractivity contribution is 7.99. The lowest BCUT2D eigenvalue weighted by Gasteiger charge is -2.34. The van der Waals surface area contributed by atoms with Crippen LogP contribution in [-0.4, -0.2) is 55.5 Å². The van der Waals surface area contributed by atoms with E-state index in [1.165, 1.54) is 9.20 Å². The molecule has 29 heavy (non-hydrogen) atoms. The van der Waals surface area contributed by atoms with Gasteiger partial charge in [0.1, 0.15) is 0 Å². The van der Waals surface area contributed by atoms with E-state index >= 15 is 0 Å². The van der Waals surface area contributed by atoms with Crippen LogP contribution in [0.5, 0.6) is 0 Å². The fourth-order valence-corrected chi connectivity index (χ4v) is 5.67. The van der Waals surface area contributed by atoms with E-state index in [1.54, 1.807) is 28.8 Å². The van der Waals surface area contributed by atoms with Crippen molar-refractivity contribution in [2.75, 3.05) is 31.9 Å². The quantitative estimate of drug-likeness (QED) is 0.494. The summed E-state index contributed by atoms with van der Waals surface area (Å²) in [5.41, 5.74) is 2.04. The highest BCUT2D eigenvalue weighted by Crippen LogP contribution is 2.21. The first-order chi connectivity index (χ1) is 13.9. The average molecular weight is 433 g/mol. The van der Waals surface area contributed by atoms with Crippen LogP contribution in [0.1, 0.15) is 24.0 Å². The van der Waals surface area contributed by atoms with Crippen LogP contribution >= 0.6 is 11.8 Å². The maximum Gasteiger partial charge on any atom is 0.243 e. The third kappa shape index (κ3) is 5.62. The molecule has 2 aromatic rings. The van der Waals surface area contributed by atoms with Crippen LogP contribution < -0.4 is 0 Å². The Labute approximate surface area is 178 Å². The van der Waals surface area contributed by atoms with Crippen molar-refractivity contribution in [3.63, 3.8) is 0 Å². The van der Waals surface area contributed by atoms with Crippen molar-refractivity contribution in [3.8, 4) is 0 Å². The van der Waals surface area contributed by atoms with E-state index in [0.29, 0.717) is 37.5 Å². The summed E-state index contributed by atoms with van der Waals surface area (Å²) in [6, 6.07) is 15.4. The van der Waals surface area contributed by atoms with Gasteiger partial charge in [-0.25, -0.2) is 8.42 Å². The summed E-state index contributed by atoms with van der Waals surface area (Å²) in [4.78, 5) is 15.8. The van der Waals surface area contributed by atoms with E-state index in [4.69, 9.17) is 0 Å². The summed E-state index contributed by atoms with van der Waals surface area (Å²) >= 11 is 1.75. The van der Waals surface area contributed by atoms with Crippen molar-refractivity contribution < 1.29 is 13.2 Å². The predicted molar refractivity (Wildman–Crippen MR) is 118 cm³/mol. The maximum absolute atomic E-state index is 12.9. The van der Waals surface area contributed by atoms with Crippen LogP contribution in [0, 0.1) is 13.8 Å². The molecule has 156 valence electrons. The molecule has 1 aliphatic heterocycles. The lowest BCUT2D eigenvalue weighted by Crippen LogP contribution is -2.50. The largest absolute Gasteiger partial charge is 0.340 e. The van der Waals surface area contributed by atoms with Crippen LogP contribution in [0.4, 0.5) is 0 Å². The van der Waals surface area contributed by atoms with Gasteiger partial charge in [-0.05, 0) is 61.4 Å². The highest BCUT2D eigenvalue weighted by atomic mass is 32.2. The van der Waals surface area contributed by atoms with Gasteiger partial charge < -0.3 is 4.90 Å². The minimum absolute atomic E-state index is 0.113. The number of hydrogen-bond donors (Lipinski definition) is 0. The zero-order valence-electron chi connectivity index (χ0n) is 17.0. The Balaban J connectivity index is 1.46. The predicted octanol–water partition coefficient (Wildman–Crippen LogP) is 3.71. The number of thioether (sulfide) groups is 1. The molecule has 1 aliphatic rings. The van der Waals surface area contributed by atoms with Crippen molar-refractivity contribution in [2.45, 2.75) is 36.5 Å². The van der Waals surface area contributed by atoms with Gasteiger partial charge in [0.15, 0.2) is 0 Å². The molecule has 0 saturated carbocycles. The lowest BCUT2D eigenvalue weighted by molar-refractivity contribution is -0.132. The van der Waals surface area contributed by atoms with E-state index in [-0.39, 0.29) is 5.91 Å². The van der Waals surface area contributed by atoms with Crippen LogP contribution in [0.25, 0.3) is 0 Å². The molecule has 0 aliphatic carbocycles. The Hall–Kier alpha value is -1.83. The molecule has 7 heteroatoms. The SMILES string of the molecule is Cc1ccc(S(=O)(=O)N2CCN(C(=O)CCCSc3ccccc3)CC2)cc1C. The number of benzene rings is 2. The molecule has 0 atom stereocenters. The van der Waals surface area contributed by atoms with Gasteiger partial charge in [-0.2, -0.15) is 4.31 Å². The van der Waals surface area contributed by atoms with Crippen molar-refractivity contribution in [2.24, 2.45) is 0 Å². The Morgan fingerprint density at radius 2 is 1.66 bits per heavy atom. The Morgan fingerprint density at radius 3 is 2.31 bits per heavy atom. The summed E-state index contributed by atoms with van der Waals surface area (Å²) in [6.45, 7) is 5.48. The molecule has 3 rings (SSSR count). The van der Waals surface area contributed by atoms with E-state index in [9.17, 15) is 13.2 Å². The molecule has 0 aromatic heterocycles. The average Bonchev–Trinajstić information content (AvgIpc) is 2.74. The topological polar surface area (TPSA) is 57.7 Å². The maximum atomic E-state index is 12.9. The Kier molecular flexibility index (Phi) is 7.38. The van der Waals surface area contributed by atoms with Crippen molar-refractivity contribution in [3.05, 3.63) is 59.7 Å². The van der Waals surface area contributed by atoms with E-state index in [2.05, 4.69) is 12.1 Å². The molecule has 1 amide bonds. The number of rotatable bonds is 7. The number of nitrogens with zero attached hydrogens (tertiary/aromatic N) is 2. The minimum Gasteiger partial charge on any atom is -0.340 e. The Bertz CT molecular complexity index is 938. The van der Waals surface area contributed by atoms with Crippen molar-refractivity contribution >= 4 is 27.7 Å². The molecular formula is C22H28N2O3S2. The molecule has 2 aromatic carbocycles. The molecule has 5 nitrogen and oxygen atoms in total. The fraction of sp³-hybridized carbons (Fsp3) is 0.409. The zero-order chi connectivity index (χ0) is 20.9. The number of carbonyl (C=O) groups excluding carboxylic acids is 1. The van der Waals surface area contributed by atoms with Gasteiger partial charge in [0.2, 0.25) is 15.9 Å². The molecule has 1 saturated heterocycles. The second kappa shape index (κ2) is 9.78. The molecule has 0 spiro atoms. The number of hydrogen-bond acceptors (Lipinski definition) is 4. The molecule has 0 radical (unpaired) electrons. The Morgan fingerprint density at radius 1 is 0.966 bits per heavy atom. The second-order valence-electron chi connectivity index (χ2n) is 7.30. The first-order valence-electron chi connectivity index (χ1n) is 9.91. The van der Waals surface area contributed by atoms with Crippen molar-refractivity contribution in [1.82, 2.24) is 9.21 Å². The zero-order valence-corrected chi connectivity index (χ0v) is 18.6. The summed E-state index contributed by atoms with van der Waals surface area (Å²) < 4.78 is 27.3. The van der Waals surface area contributed by atoms with Gasteiger partial charge in [0.25, 0.3) is 0 Å². The molecule has 0 N–H and O–H groups in total. The lowest BCUT2D eigenvalue weighted by atomic mass is 10.1. The minimum atomic E-state index is -3.51. The molecule has 0 unspecified atom stereocenters. The number of piperazine rings is 1. The van der Waals surface area contributed by atoms with Crippen LogP contribution in [0.15, 0.2) is 58.3 Å². The third-order valence-electron chi connectivity index (χ3n) is 5.25. The summed E-state index contributed by atoms with van der Waals surface area (Å²) in [7, 11) is -3.51. The van der Waals surface area contributed by atoms with Gasteiger partial charge in [-0.3, -0.25) is 4.79 Å². The first-order valence-corrected chi connectivity index (χ1v) is 12.3. The molecule has 1 heterocycles. The summed E-state index contributed by atoms with van der Waals surface area (Å²) in [5, 5.41) is 0. The third-order valence-corrected chi connectivity index (χ3v) is 8.25. The molecule has 0 bridgehead atoms. The number of amides is 1. The standard InChI is InChI=1S/C22H28N2O3S2/c1-18-10-11-21(17-19(18)2)29(26,27)24-14-12-23(13-15-24)22(25)9-6-16-28-20-7-4-3-5-8-20/h3-5,7-8,10-11,17H,6,9,12-16H2,1-2H3. The second-order valence-corrected chi connectivity index (χ2v) is 10.4. The van der Waals surface area contributed by atoms with E-state index < -0.39 is 10.0 Å². The number of sulfonamides is 1. The van der Waals surface area contributed by atoms with Gasteiger partial charge >= 0.3 is 0 Å². The van der Waals surface area contributed by atoms with E-state index in [0.717, 1.165) is 23.3 Å². The molecular weight excluding hydrogens is 404 g/mol. The van der Waals surface area contributed by atoms with Crippen LogP contribution in [-0.2, 0) is 14.8 Å². The van der Waals surface area contributed by atoms with Gasteiger partial charge in [-0.1, -0.05) is 24.3 Å². The van der Waals surface area contributed by atoms with Crippen LogP contribution in [0.2, 0.25) is 0 Å². The summed E-state index contributed by atoms with van der Waals surface area (Å²) in [6.07, 6.45) is 1.32. The first kappa shape index (κ1) is 21.9. The normalized spacial score (nSPS) is 15.4. The van der Waals surface area contributed by atoms with Gasteiger partial charge in [0.05, 0.1) is 4.90 Å². The summed E-state index contributed by atoms with van der Waals surface area (Å²) in [5.74, 6) is 1.01. The smallest absolute Gasteiger partial charge is 0.243 e. The fourth-order valence-electron chi connectivity index (χ4n) is 3.29. The van der Waals surface area contributed by atoms with Gasteiger partial charge in [-0.15, -0.1) is 11.8 Å². The number of carbonyl (C=O) groups is 1. The monoisotopic (exact) mass is 432 g/mol. The molecule has 1 fully saturated rings. The van der Waals surface area contributed by atoms with E-state index in [1.807, 2.05) is 38.1 Å². The highest BCUT2D eigenvalue weighted by Gasteiger charge is 2.30. The van der Waals surface area contributed by atoms with Gasteiger partial charge in [0, 0.05) is 37.5 Å². The van der Waals surface area contributed by atoms with Crippen LogP contribution in [0.3, 0.4) is 0 Å².